The predicted octanol–water partition coefficient (Wildman–Crippen LogP) is 2.03. The number of rotatable bonds is 7. The molecule has 1 heterocycles. The minimum absolute atomic E-state index is 0. The summed E-state index contributed by atoms with van der Waals surface area (Å²) >= 11 is 6.04. The van der Waals surface area contributed by atoms with Gasteiger partial charge in [0.1, 0.15) is 11.9 Å². The third-order valence-electron chi connectivity index (χ3n) is 4.07. The number of hydrogen-bond acceptors (Lipinski definition) is 5. The van der Waals surface area contributed by atoms with E-state index < -0.39 is 6.10 Å². The molecule has 2 atom stereocenters. The molecule has 0 saturated carbocycles. The van der Waals surface area contributed by atoms with Gasteiger partial charge >= 0.3 is 0 Å². The summed E-state index contributed by atoms with van der Waals surface area (Å²) in [6, 6.07) is 3.40. The topological polar surface area (TPSA) is 103 Å². The zero-order valence-corrected chi connectivity index (χ0v) is 16.4. The van der Waals surface area contributed by atoms with E-state index in [1.54, 1.807) is 12.1 Å². The second-order valence-corrected chi connectivity index (χ2v) is 6.36. The number of methoxy groups -OCH3 is 1. The van der Waals surface area contributed by atoms with Crippen molar-refractivity contribution < 1.29 is 19.1 Å². The molecule has 146 valence electrons. The second kappa shape index (κ2) is 10.6. The maximum atomic E-state index is 12.1. The van der Waals surface area contributed by atoms with Crippen LogP contribution >= 0.6 is 24.0 Å². The van der Waals surface area contributed by atoms with E-state index in [-0.39, 0.29) is 43.3 Å². The minimum atomic E-state index is -0.476. The Morgan fingerprint density at radius 1 is 1.38 bits per heavy atom. The largest absolute Gasteiger partial charge is 0.495 e. The lowest BCUT2D eigenvalue weighted by Crippen LogP contribution is -2.37. The monoisotopic (exact) mass is 405 g/mol. The Morgan fingerprint density at radius 3 is 2.73 bits per heavy atom. The Bertz CT molecular complexity index is 643. The zero-order valence-electron chi connectivity index (χ0n) is 14.8. The molecule has 1 aromatic carbocycles. The minimum Gasteiger partial charge on any atom is -0.495 e. The molecule has 0 unspecified atom stereocenters. The molecular weight excluding hydrogens is 381 g/mol. The molecule has 0 radical (unpaired) electrons. The zero-order chi connectivity index (χ0) is 18.4. The summed E-state index contributed by atoms with van der Waals surface area (Å²) in [5.74, 6) is 0.0522. The van der Waals surface area contributed by atoms with Gasteiger partial charge in [-0.2, -0.15) is 0 Å². The van der Waals surface area contributed by atoms with Crippen molar-refractivity contribution in [3.05, 3.63) is 22.7 Å². The highest BCUT2D eigenvalue weighted by Gasteiger charge is 2.29. The van der Waals surface area contributed by atoms with Crippen molar-refractivity contribution in [2.24, 2.45) is 5.73 Å². The quantitative estimate of drug-likeness (QED) is 0.643. The van der Waals surface area contributed by atoms with Crippen molar-refractivity contribution >= 4 is 41.5 Å². The number of hydrogen-bond donors (Lipinski definition) is 3. The van der Waals surface area contributed by atoms with Crippen LogP contribution < -0.4 is 21.1 Å². The first-order valence-electron chi connectivity index (χ1n) is 8.21. The van der Waals surface area contributed by atoms with Crippen LogP contribution in [0.25, 0.3) is 0 Å². The van der Waals surface area contributed by atoms with Gasteiger partial charge in [-0.15, -0.1) is 12.4 Å². The molecule has 1 saturated heterocycles. The fourth-order valence-corrected chi connectivity index (χ4v) is 2.78. The molecule has 4 N–H and O–H groups in total. The molecule has 2 amide bonds. The number of anilines is 1. The Balaban J connectivity index is 0.00000338. The van der Waals surface area contributed by atoms with Crippen molar-refractivity contribution in [1.29, 1.82) is 0 Å². The number of amides is 2. The maximum absolute atomic E-state index is 12.1. The lowest BCUT2D eigenvalue weighted by molar-refractivity contribution is -0.131. The highest BCUT2D eigenvalue weighted by atomic mass is 35.5. The maximum Gasteiger partial charge on any atom is 0.249 e. The van der Waals surface area contributed by atoms with Gasteiger partial charge in [-0.1, -0.05) is 11.6 Å². The number of nitrogens with one attached hydrogen (secondary N) is 2. The van der Waals surface area contributed by atoms with Gasteiger partial charge in [0.2, 0.25) is 11.8 Å². The van der Waals surface area contributed by atoms with Crippen LogP contribution in [-0.4, -0.2) is 44.2 Å². The number of carbonyl (C=O) groups excluding carboxylic acids is 2. The van der Waals surface area contributed by atoms with E-state index in [0.717, 1.165) is 12.0 Å². The number of aryl methyl sites for hydroxylation is 1. The van der Waals surface area contributed by atoms with Gasteiger partial charge in [-0.05, 0) is 31.4 Å². The fourth-order valence-electron chi connectivity index (χ4n) is 2.63. The molecule has 1 aromatic rings. The van der Waals surface area contributed by atoms with E-state index in [4.69, 9.17) is 26.8 Å². The molecule has 26 heavy (non-hydrogen) atoms. The normalized spacial score (nSPS) is 18.8. The molecule has 0 aromatic heterocycles. The number of halogens is 2. The summed E-state index contributed by atoms with van der Waals surface area (Å²) in [5, 5.41) is 6.05. The van der Waals surface area contributed by atoms with E-state index >= 15 is 0 Å². The molecule has 1 fully saturated rings. The Morgan fingerprint density at radius 2 is 2.12 bits per heavy atom. The molecule has 7 nitrogen and oxygen atoms in total. The predicted molar refractivity (Wildman–Crippen MR) is 103 cm³/mol. The third kappa shape index (κ3) is 6.02. The highest BCUT2D eigenvalue weighted by molar-refractivity contribution is 6.31. The average molecular weight is 406 g/mol. The van der Waals surface area contributed by atoms with Crippen LogP contribution in [0.1, 0.15) is 24.8 Å². The Labute approximate surface area is 164 Å². The molecule has 0 aliphatic carbocycles. The van der Waals surface area contributed by atoms with Crippen LogP contribution in [0, 0.1) is 6.92 Å². The van der Waals surface area contributed by atoms with Crippen LogP contribution in [-0.2, 0) is 14.3 Å². The van der Waals surface area contributed by atoms with Crippen LogP contribution in [0.15, 0.2) is 12.1 Å². The van der Waals surface area contributed by atoms with E-state index in [1.165, 1.54) is 7.11 Å². The van der Waals surface area contributed by atoms with Gasteiger partial charge < -0.3 is 25.8 Å². The van der Waals surface area contributed by atoms with Gasteiger partial charge in [0, 0.05) is 30.6 Å². The second-order valence-electron chi connectivity index (χ2n) is 5.95. The summed E-state index contributed by atoms with van der Waals surface area (Å²) in [6.45, 7) is 2.48. The first-order chi connectivity index (χ1) is 11.9. The van der Waals surface area contributed by atoms with Crippen LogP contribution in [0.2, 0.25) is 5.02 Å². The molecule has 1 aliphatic heterocycles. The summed E-state index contributed by atoms with van der Waals surface area (Å²) < 4.78 is 10.7. The molecule has 2 rings (SSSR count). The van der Waals surface area contributed by atoms with Gasteiger partial charge in [-0.3, -0.25) is 9.59 Å². The smallest absolute Gasteiger partial charge is 0.249 e. The molecule has 0 bridgehead atoms. The highest BCUT2D eigenvalue weighted by Crippen LogP contribution is 2.30. The Kier molecular flexibility index (Phi) is 9.15. The van der Waals surface area contributed by atoms with Gasteiger partial charge in [0.15, 0.2) is 0 Å². The molecule has 0 spiro atoms. The SMILES string of the molecule is COc1cc(Cl)c(C)cc1NC(=O)CCNC(=O)[C@@H]1CC[C@H](CN)O1.Cl. The van der Waals surface area contributed by atoms with Gasteiger partial charge in [0.25, 0.3) is 0 Å². The first kappa shape index (κ1) is 22.5. The van der Waals surface area contributed by atoms with Crippen molar-refractivity contribution in [1.82, 2.24) is 5.32 Å². The lowest BCUT2D eigenvalue weighted by Gasteiger charge is -2.14. The standard InChI is InChI=1S/C17H24ClN3O4.ClH/c1-10-7-13(15(24-2)8-12(10)18)21-16(22)5-6-20-17(23)14-4-3-11(9-19)25-14;/h7-8,11,14H,3-6,9,19H2,1-2H3,(H,20,23)(H,21,22);1H/t11-,14+;/m1./s1. The van der Waals surface area contributed by atoms with Crippen molar-refractivity contribution in [3.63, 3.8) is 0 Å². The van der Waals surface area contributed by atoms with Crippen molar-refractivity contribution in [3.8, 4) is 5.75 Å². The van der Waals surface area contributed by atoms with Crippen LogP contribution in [0.5, 0.6) is 5.75 Å². The number of carbonyl (C=O) groups is 2. The van der Waals surface area contributed by atoms with Gasteiger partial charge in [-0.25, -0.2) is 0 Å². The number of ether oxygens (including phenoxy) is 2. The third-order valence-corrected chi connectivity index (χ3v) is 4.48. The first-order valence-corrected chi connectivity index (χ1v) is 8.59. The van der Waals surface area contributed by atoms with E-state index in [9.17, 15) is 9.59 Å². The fraction of sp³-hybridized carbons (Fsp3) is 0.529. The molecule has 1 aliphatic rings. The summed E-state index contributed by atoms with van der Waals surface area (Å²) in [5.41, 5.74) is 6.90. The van der Waals surface area contributed by atoms with Crippen LogP contribution in [0.3, 0.4) is 0 Å². The van der Waals surface area contributed by atoms with E-state index in [1.807, 2.05) is 6.92 Å². The average Bonchev–Trinajstić information content (AvgIpc) is 3.07. The van der Waals surface area contributed by atoms with E-state index in [0.29, 0.717) is 29.4 Å². The lowest BCUT2D eigenvalue weighted by atomic mass is 10.2. The van der Waals surface area contributed by atoms with Gasteiger partial charge in [0.05, 0.1) is 18.9 Å². The number of nitrogens with two attached hydrogens (primary N) is 1. The number of benzene rings is 1. The summed E-state index contributed by atoms with van der Waals surface area (Å²) in [6.07, 6.45) is 1.05. The van der Waals surface area contributed by atoms with Crippen LogP contribution in [0.4, 0.5) is 5.69 Å². The molecular formula is C17H25Cl2N3O4. The molecule has 9 heteroatoms. The van der Waals surface area contributed by atoms with Crippen molar-refractivity contribution in [2.75, 3.05) is 25.5 Å². The van der Waals surface area contributed by atoms with Crippen molar-refractivity contribution in [2.45, 2.75) is 38.4 Å². The summed E-state index contributed by atoms with van der Waals surface area (Å²) in [4.78, 5) is 24.1. The summed E-state index contributed by atoms with van der Waals surface area (Å²) in [7, 11) is 1.51. The Hall–Kier alpha value is -1.54. The van der Waals surface area contributed by atoms with E-state index in [2.05, 4.69) is 10.6 Å².